The molecular formula is C23H32N2O3. The summed E-state index contributed by atoms with van der Waals surface area (Å²) in [5.41, 5.74) is 1.84. The molecule has 152 valence electrons. The van der Waals surface area contributed by atoms with Crippen molar-refractivity contribution < 1.29 is 14.3 Å². The number of carbonyl (C=O) groups excluding carboxylic acids is 2. The lowest BCUT2D eigenvalue weighted by Crippen LogP contribution is -2.47. The van der Waals surface area contributed by atoms with Crippen LogP contribution in [0.3, 0.4) is 0 Å². The van der Waals surface area contributed by atoms with E-state index in [9.17, 15) is 9.59 Å². The molecule has 0 aromatic heterocycles. The number of ether oxygens (including phenoxy) is 1. The Morgan fingerprint density at radius 3 is 2.32 bits per heavy atom. The Labute approximate surface area is 168 Å². The lowest BCUT2D eigenvalue weighted by atomic mass is 9.88. The van der Waals surface area contributed by atoms with Gasteiger partial charge in [0.1, 0.15) is 6.10 Å². The summed E-state index contributed by atoms with van der Waals surface area (Å²) in [6.07, 6.45) is 7.53. The third kappa shape index (κ3) is 3.95. The lowest BCUT2D eigenvalue weighted by Gasteiger charge is -2.39. The summed E-state index contributed by atoms with van der Waals surface area (Å²) in [4.78, 5) is 29.4. The van der Waals surface area contributed by atoms with Crippen LogP contribution in [0.1, 0.15) is 67.8 Å². The van der Waals surface area contributed by atoms with E-state index in [-0.39, 0.29) is 23.5 Å². The van der Waals surface area contributed by atoms with Gasteiger partial charge in [-0.05, 0) is 62.6 Å². The van der Waals surface area contributed by atoms with Crippen LogP contribution in [0.15, 0.2) is 24.3 Å². The van der Waals surface area contributed by atoms with Crippen LogP contribution in [0.5, 0.6) is 0 Å². The predicted molar refractivity (Wildman–Crippen MR) is 108 cm³/mol. The maximum Gasteiger partial charge on any atom is 0.253 e. The quantitative estimate of drug-likeness (QED) is 0.799. The molecule has 28 heavy (non-hydrogen) atoms. The van der Waals surface area contributed by atoms with Crippen LogP contribution in [0, 0.1) is 0 Å². The number of nitrogens with zero attached hydrogens (tertiary/aromatic N) is 2. The number of benzene rings is 1. The Hall–Kier alpha value is -1.88. The Bertz CT molecular complexity index is 701. The molecule has 1 spiro atoms. The van der Waals surface area contributed by atoms with Crippen molar-refractivity contribution in [3.05, 3.63) is 35.4 Å². The first-order valence-electron chi connectivity index (χ1n) is 10.9. The zero-order chi connectivity index (χ0) is 19.6. The first-order valence-corrected chi connectivity index (χ1v) is 10.9. The summed E-state index contributed by atoms with van der Waals surface area (Å²) in [5.74, 6) is 0.292. The van der Waals surface area contributed by atoms with Crippen molar-refractivity contribution in [1.82, 2.24) is 9.80 Å². The van der Waals surface area contributed by atoms with E-state index in [0.717, 1.165) is 70.0 Å². The van der Waals surface area contributed by atoms with Crippen molar-refractivity contribution in [2.75, 3.05) is 26.2 Å². The SMILES string of the molecule is CCCc1ccc(C(=O)N2CCC3(CC[C@@H](C(=O)N4CCCC4)O3)CC2)cc1. The van der Waals surface area contributed by atoms with Gasteiger partial charge in [0.25, 0.3) is 11.8 Å². The second-order valence-electron chi connectivity index (χ2n) is 8.60. The molecule has 3 heterocycles. The molecule has 2 amide bonds. The molecule has 1 aromatic carbocycles. The van der Waals surface area contributed by atoms with E-state index in [2.05, 4.69) is 19.1 Å². The minimum atomic E-state index is -0.272. The van der Waals surface area contributed by atoms with E-state index < -0.39 is 0 Å². The molecule has 3 aliphatic heterocycles. The minimum Gasteiger partial charge on any atom is -0.362 e. The van der Waals surface area contributed by atoms with E-state index in [0.29, 0.717) is 13.1 Å². The third-order valence-electron chi connectivity index (χ3n) is 6.65. The van der Waals surface area contributed by atoms with Crippen molar-refractivity contribution in [1.29, 1.82) is 0 Å². The summed E-state index contributed by atoms with van der Waals surface area (Å²) < 4.78 is 6.31. The summed E-state index contributed by atoms with van der Waals surface area (Å²) in [7, 11) is 0. The number of hydrogen-bond acceptors (Lipinski definition) is 3. The predicted octanol–water partition coefficient (Wildman–Crippen LogP) is 3.42. The molecule has 0 saturated carbocycles. The van der Waals surface area contributed by atoms with Gasteiger partial charge in [0.05, 0.1) is 5.60 Å². The summed E-state index contributed by atoms with van der Waals surface area (Å²) >= 11 is 0. The number of hydrogen-bond donors (Lipinski definition) is 0. The van der Waals surface area contributed by atoms with Gasteiger partial charge in [-0.25, -0.2) is 0 Å². The van der Waals surface area contributed by atoms with Gasteiger partial charge in [0.15, 0.2) is 0 Å². The van der Waals surface area contributed by atoms with Crippen molar-refractivity contribution in [2.24, 2.45) is 0 Å². The number of piperidine rings is 1. The van der Waals surface area contributed by atoms with Gasteiger partial charge in [0.2, 0.25) is 0 Å². The average molecular weight is 385 g/mol. The molecule has 3 saturated heterocycles. The molecule has 1 aromatic rings. The van der Waals surface area contributed by atoms with Gasteiger partial charge in [-0.2, -0.15) is 0 Å². The molecule has 0 aliphatic carbocycles. The highest BCUT2D eigenvalue weighted by molar-refractivity contribution is 5.94. The highest BCUT2D eigenvalue weighted by Gasteiger charge is 2.46. The molecule has 0 unspecified atom stereocenters. The number of likely N-dealkylation sites (tertiary alicyclic amines) is 2. The van der Waals surface area contributed by atoms with Crippen LogP contribution in [0.25, 0.3) is 0 Å². The smallest absolute Gasteiger partial charge is 0.253 e. The van der Waals surface area contributed by atoms with Gasteiger partial charge >= 0.3 is 0 Å². The van der Waals surface area contributed by atoms with Gasteiger partial charge in [-0.1, -0.05) is 25.5 Å². The molecule has 5 nitrogen and oxygen atoms in total. The molecule has 3 aliphatic rings. The second-order valence-corrected chi connectivity index (χ2v) is 8.60. The first kappa shape index (κ1) is 19.4. The Balaban J connectivity index is 1.31. The van der Waals surface area contributed by atoms with E-state index >= 15 is 0 Å². The average Bonchev–Trinajstić information content (AvgIpc) is 3.39. The van der Waals surface area contributed by atoms with E-state index in [1.807, 2.05) is 21.9 Å². The Kier molecular flexibility index (Phi) is 5.72. The molecule has 5 heteroatoms. The topological polar surface area (TPSA) is 49.9 Å². The standard InChI is InChI=1S/C23H32N2O3/c1-2-5-18-6-8-19(9-7-18)21(26)25-16-12-23(13-17-25)11-10-20(28-23)22(27)24-14-3-4-15-24/h6-9,20H,2-5,10-17H2,1H3/t20-/m0/s1. The number of amides is 2. The number of rotatable bonds is 4. The zero-order valence-corrected chi connectivity index (χ0v) is 17.0. The monoisotopic (exact) mass is 384 g/mol. The van der Waals surface area contributed by atoms with Crippen LogP contribution in [-0.2, 0) is 16.0 Å². The highest BCUT2D eigenvalue weighted by atomic mass is 16.5. The van der Waals surface area contributed by atoms with Crippen LogP contribution in [0.2, 0.25) is 0 Å². The fourth-order valence-electron chi connectivity index (χ4n) is 4.90. The van der Waals surface area contributed by atoms with Crippen molar-refractivity contribution in [2.45, 2.75) is 70.0 Å². The lowest BCUT2D eigenvalue weighted by molar-refractivity contribution is -0.149. The number of carbonyl (C=O) groups is 2. The zero-order valence-electron chi connectivity index (χ0n) is 17.0. The van der Waals surface area contributed by atoms with E-state index in [1.54, 1.807) is 0 Å². The molecule has 4 rings (SSSR count). The fraction of sp³-hybridized carbons (Fsp3) is 0.652. The molecule has 0 radical (unpaired) electrons. The molecular weight excluding hydrogens is 352 g/mol. The Morgan fingerprint density at radius 2 is 1.68 bits per heavy atom. The molecule has 0 N–H and O–H groups in total. The molecule has 0 bridgehead atoms. The first-order chi connectivity index (χ1) is 13.6. The fourth-order valence-corrected chi connectivity index (χ4v) is 4.90. The van der Waals surface area contributed by atoms with Crippen LogP contribution < -0.4 is 0 Å². The third-order valence-corrected chi connectivity index (χ3v) is 6.65. The largest absolute Gasteiger partial charge is 0.362 e. The second kappa shape index (κ2) is 8.24. The van der Waals surface area contributed by atoms with Crippen molar-refractivity contribution in [3.63, 3.8) is 0 Å². The minimum absolute atomic E-state index is 0.112. The van der Waals surface area contributed by atoms with Gasteiger partial charge in [0, 0.05) is 31.7 Å². The number of aryl methyl sites for hydroxylation is 1. The van der Waals surface area contributed by atoms with E-state index in [4.69, 9.17) is 4.74 Å². The maximum atomic E-state index is 12.8. The van der Waals surface area contributed by atoms with Crippen LogP contribution in [-0.4, -0.2) is 59.5 Å². The van der Waals surface area contributed by atoms with E-state index in [1.165, 1.54) is 5.56 Å². The maximum absolute atomic E-state index is 12.8. The summed E-state index contributed by atoms with van der Waals surface area (Å²) in [6.45, 7) is 5.34. The van der Waals surface area contributed by atoms with Gasteiger partial charge < -0.3 is 14.5 Å². The van der Waals surface area contributed by atoms with Crippen molar-refractivity contribution in [3.8, 4) is 0 Å². The highest BCUT2D eigenvalue weighted by Crippen LogP contribution is 2.40. The van der Waals surface area contributed by atoms with Crippen LogP contribution >= 0.6 is 0 Å². The molecule has 3 fully saturated rings. The molecule has 1 atom stereocenters. The summed E-state index contributed by atoms with van der Waals surface area (Å²) in [5, 5.41) is 0. The summed E-state index contributed by atoms with van der Waals surface area (Å²) in [6, 6.07) is 8.04. The Morgan fingerprint density at radius 1 is 1.00 bits per heavy atom. The van der Waals surface area contributed by atoms with Crippen molar-refractivity contribution >= 4 is 11.8 Å². The normalized spacial score (nSPS) is 24.1. The van der Waals surface area contributed by atoms with Gasteiger partial charge in [-0.3, -0.25) is 9.59 Å². The van der Waals surface area contributed by atoms with Gasteiger partial charge in [-0.15, -0.1) is 0 Å². The van der Waals surface area contributed by atoms with Crippen LogP contribution in [0.4, 0.5) is 0 Å².